The Balaban J connectivity index is 1.92. The Labute approximate surface area is 115 Å². The molecule has 1 atom stereocenters. The van der Waals surface area contributed by atoms with Crippen molar-refractivity contribution in [3.8, 4) is 0 Å². The summed E-state index contributed by atoms with van der Waals surface area (Å²) in [5.74, 6) is 0.0925. The lowest BCUT2D eigenvalue weighted by molar-refractivity contribution is -0.119. The number of carbonyl (C=O) groups is 1. The van der Waals surface area contributed by atoms with Gasteiger partial charge in [-0.2, -0.15) is 0 Å². The van der Waals surface area contributed by atoms with Crippen LogP contribution in [0.4, 0.5) is 11.4 Å². The van der Waals surface area contributed by atoms with Crippen LogP contribution in [0.5, 0.6) is 0 Å². The number of likely N-dealkylation sites (N-methyl/N-ethyl adjacent to an activating group) is 1. The molecule has 4 rings (SSSR count). The first kappa shape index (κ1) is 10.9. The molecule has 19 heavy (non-hydrogen) atoms. The zero-order valence-electron chi connectivity index (χ0n) is 10.4. The Hall–Kier alpha value is -1.94. The highest BCUT2D eigenvalue weighted by atomic mass is 32.2. The molecule has 0 saturated heterocycles. The number of nitrogens with zero attached hydrogens (tertiary/aromatic N) is 1. The summed E-state index contributed by atoms with van der Waals surface area (Å²) in [4.78, 5) is 14.9. The van der Waals surface area contributed by atoms with Gasteiger partial charge in [0, 0.05) is 23.2 Å². The van der Waals surface area contributed by atoms with Crippen LogP contribution in [-0.4, -0.2) is 13.0 Å². The number of para-hydroxylation sites is 2. The van der Waals surface area contributed by atoms with Gasteiger partial charge in [0.25, 0.3) is 5.91 Å². The van der Waals surface area contributed by atoms with Crippen molar-refractivity contribution in [1.29, 1.82) is 0 Å². The normalized spacial score (nSPS) is 23.4. The second-order valence-corrected chi connectivity index (χ2v) is 6.04. The molecule has 2 heterocycles. The number of hydrogen-bond donors (Lipinski definition) is 1. The van der Waals surface area contributed by atoms with Crippen molar-refractivity contribution in [2.24, 2.45) is 0 Å². The molecule has 0 fully saturated rings. The van der Waals surface area contributed by atoms with Crippen molar-refractivity contribution >= 4 is 29.0 Å². The van der Waals surface area contributed by atoms with Crippen molar-refractivity contribution in [3.63, 3.8) is 0 Å². The standard InChI is InChI=1S/C15H12N2OS/c1-17-12-8-4-2-6-10(12)15(14(17)18)16-11-7-3-5-9-13(11)19-15/h2-9,16H,1H3. The Morgan fingerprint density at radius 2 is 1.84 bits per heavy atom. The average Bonchev–Trinajstić information content (AvgIpc) is 2.93. The van der Waals surface area contributed by atoms with Crippen LogP contribution < -0.4 is 10.2 Å². The first-order valence-electron chi connectivity index (χ1n) is 6.16. The van der Waals surface area contributed by atoms with Gasteiger partial charge >= 0.3 is 0 Å². The first-order valence-corrected chi connectivity index (χ1v) is 6.98. The number of amides is 1. The maximum atomic E-state index is 12.7. The minimum atomic E-state index is -0.685. The van der Waals surface area contributed by atoms with E-state index in [1.807, 2.05) is 49.5 Å². The number of rotatable bonds is 0. The zero-order valence-corrected chi connectivity index (χ0v) is 11.2. The predicted octanol–water partition coefficient (Wildman–Crippen LogP) is 3.03. The monoisotopic (exact) mass is 268 g/mol. The number of thioether (sulfide) groups is 1. The average molecular weight is 268 g/mol. The van der Waals surface area contributed by atoms with Gasteiger partial charge in [-0.3, -0.25) is 4.79 Å². The molecule has 0 radical (unpaired) electrons. The van der Waals surface area contributed by atoms with Crippen LogP contribution in [-0.2, 0) is 9.67 Å². The third-order valence-corrected chi connectivity index (χ3v) is 5.09. The molecule has 1 N–H and O–H groups in total. The van der Waals surface area contributed by atoms with Gasteiger partial charge in [-0.25, -0.2) is 0 Å². The summed E-state index contributed by atoms with van der Waals surface area (Å²) in [6, 6.07) is 16.0. The second-order valence-electron chi connectivity index (χ2n) is 4.79. The lowest BCUT2D eigenvalue weighted by Gasteiger charge is -2.22. The lowest BCUT2D eigenvalue weighted by Crippen LogP contribution is -2.39. The zero-order chi connectivity index (χ0) is 13.0. The molecule has 3 nitrogen and oxygen atoms in total. The molecule has 2 aromatic rings. The van der Waals surface area contributed by atoms with Gasteiger partial charge in [0.05, 0.1) is 5.69 Å². The predicted molar refractivity (Wildman–Crippen MR) is 77.5 cm³/mol. The van der Waals surface area contributed by atoms with Crippen molar-refractivity contribution < 1.29 is 4.79 Å². The van der Waals surface area contributed by atoms with Gasteiger partial charge in [-0.1, -0.05) is 42.1 Å². The fraction of sp³-hybridized carbons (Fsp3) is 0.133. The quantitative estimate of drug-likeness (QED) is 0.797. The number of anilines is 2. The molecule has 0 saturated carbocycles. The van der Waals surface area contributed by atoms with Crippen LogP contribution in [0.2, 0.25) is 0 Å². The Morgan fingerprint density at radius 1 is 1.11 bits per heavy atom. The van der Waals surface area contributed by atoms with Crippen molar-refractivity contribution in [2.75, 3.05) is 17.3 Å². The smallest absolute Gasteiger partial charge is 0.268 e. The van der Waals surface area contributed by atoms with E-state index in [1.54, 1.807) is 16.7 Å². The van der Waals surface area contributed by atoms with E-state index in [0.29, 0.717) is 0 Å². The van der Waals surface area contributed by atoms with E-state index in [4.69, 9.17) is 0 Å². The third-order valence-electron chi connectivity index (χ3n) is 3.71. The summed E-state index contributed by atoms with van der Waals surface area (Å²) in [7, 11) is 1.83. The molecule has 2 aliphatic rings. The summed E-state index contributed by atoms with van der Waals surface area (Å²) in [6.07, 6.45) is 0. The maximum absolute atomic E-state index is 12.7. The van der Waals surface area contributed by atoms with Crippen LogP contribution in [0, 0.1) is 0 Å². The van der Waals surface area contributed by atoms with Gasteiger partial charge in [-0.15, -0.1) is 0 Å². The molecule has 2 aliphatic heterocycles. The van der Waals surface area contributed by atoms with Crippen molar-refractivity contribution in [1.82, 2.24) is 0 Å². The molecule has 4 heteroatoms. The number of hydrogen-bond acceptors (Lipinski definition) is 3. The molecule has 2 aromatic carbocycles. The minimum Gasteiger partial charge on any atom is -0.358 e. The fourth-order valence-corrected chi connectivity index (χ4v) is 4.16. The number of carbonyl (C=O) groups excluding carboxylic acids is 1. The minimum absolute atomic E-state index is 0.0925. The highest BCUT2D eigenvalue weighted by Crippen LogP contribution is 2.56. The molecule has 94 valence electrons. The van der Waals surface area contributed by atoms with Crippen molar-refractivity contribution in [3.05, 3.63) is 54.1 Å². The molecule has 1 amide bonds. The van der Waals surface area contributed by atoms with Crippen molar-refractivity contribution in [2.45, 2.75) is 9.77 Å². The highest BCUT2D eigenvalue weighted by molar-refractivity contribution is 8.01. The molecule has 0 aliphatic carbocycles. The van der Waals surface area contributed by atoms with Gasteiger partial charge < -0.3 is 10.2 Å². The highest BCUT2D eigenvalue weighted by Gasteiger charge is 2.53. The first-order chi connectivity index (χ1) is 9.22. The van der Waals surface area contributed by atoms with Gasteiger partial charge in [0.2, 0.25) is 0 Å². The summed E-state index contributed by atoms with van der Waals surface area (Å²) in [5.41, 5.74) is 3.06. The van der Waals surface area contributed by atoms with E-state index in [1.165, 1.54) is 0 Å². The maximum Gasteiger partial charge on any atom is 0.268 e. The number of benzene rings is 2. The number of nitrogens with one attached hydrogen (secondary N) is 1. The third kappa shape index (κ3) is 1.27. The molecular weight excluding hydrogens is 256 g/mol. The largest absolute Gasteiger partial charge is 0.358 e. The summed E-state index contributed by atoms with van der Waals surface area (Å²) in [6.45, 7) is 0. The lowest BCUT2D eigenvalue weighted by atomic mass is 10.1. The SMILES string of the molecule is CN1C(=O)C2(Nc3ccccc3S2)c2ccccc21. The fourth-order valence-electron chi connectivity index (χ4n) is 2.78. The molecule has 0 aromatic heterocycles. The van der Waals surface area contributed by atoms with Crippen LogP contribution in [0.25, 0.3) is 0 Å². The van der Waals surface area contributed by atoms with Gasteiger partial charge in [-0.05, 0) is 18.2 Å². The van der Waals surface area contributed by atoms with E-state index < -0.39 is 4.87 Å². The Morgan fingerprint density at radius 3 is 2.68 bits per heavy atom. The van der Waals surface area contributed by atoms with E-state index in [9.17, 15) is 4.79 Å². The molecule has 0 bridgehead atoms. The van der Waals surface area contributed by atoms with E-state index >= 15 is 0 Å². The Bertz CT molecular complexity index is 673. The molecule has 1 unspecified atom stereocenters. The molecule has 1 spiro atoms. The van der Waals surface area contributed by atoms with Gasteiger partial charge in [0.15, 0.2) is 4.87 Å². The van der Waals surface area contributed by atoms with Crippen LogP contribution >= 0.6 is 11.8 Å². The molecular formula is C15H12N2OS. The van der Waals surface area contributed by atoms with Crippen LogP contribution in [0.1, 0.15) is 5.56 Å². The van der Waals surface area contributed by atoms with Crippen LogP contribution in [0.3, 0.4) is 0 Å². The Kier molecular flexibility index (Phi) is 2.04. The van der Waals surface area contributed by atoms with E-state index in [-0.39, 0.29) is 5.91 Å². The van der Waals surface area contributed by atoms with Gasteiger partial charge in [0.1, 0.15) is 0 Å². The second kappa shape index (κ2) is 3.54. The van der Waals surface area contributed by atoms with E-state index in [0.717, 1.165) is 21.8 Å². The summed E-state index contributed by atoms with van der Waals surface area (Å²) >= 11 is 1.60. The van der Waals surface area contributed by atoms with Crippen LogP contribution in [0.15, 0.2) is 53.4 Å². The van der Waals surface area contributed by atoms with E-state index in [2.05, 4.69) is 11.4 Å². The topological polar surface area (TPSA) is 32.3 Å². The number of fused-ring (bicyclic) bond motifs is 3. The summed E-state index contributed by atoms with van der Waals surface area (Å²) < 4.78 is 0. The summed E-state index contributed by atoms with van der Waals surface area (Å²) in [5, 5.41) is 3.42.